The van der Waals surface area contributed by atoms with E-state index in [-0.39, 0.29) is 11.9 Å². The molecule has 0 atom stereocenters. The summed E-state index contributed by atoms with van der Waals surface area (Å²) in [4.78, 5) is 23.3. The van der Waals surface area contributed by atoms with E-state index < -0.39 is 0 Å². The van der Waals surface area contributed by atoms with E-state index in [2.05, 4.69) is 80.0 Å². The highest BCUT2D eigenvalue weighted by molar-refractivity contribution is 9.10. The summed E-state index contributed by atoms with van der Waals surface area (Å²) in [6.45, 7) is 4.77. The summed E-state index contributed by atoms with van der Waals surface area (Å²) in [5, 5.41) is 1.21. The smallest absolute Gasteiger partial charge is 0.339 e. The predicted octanol–water partition coefficient (Wildman–Crippen LogP) is 7.92. The topological polar surface area (TPSA) is 57.5 Å². The number of hydrogen-bond donors (Lipinski definition) is 0. The zero-order valence-corrected chi connectivity index (χ0v) is 24.7. The highest BCUT2D eigenvalue weighted by Crippen LogP contribution is 2.23. The van der Waals surface area contributed by atoms with Crippen molar-refractivity contribution in [2.75, 3.05) is 14.2 Å². The van der Waals surface area contributed by atoms with Crippen LogP contribution < -0.4 is 0 Å². The van der Waals surface area contributed by atoms with Gasteiger partial charge in [0.15, 0.2) is 0 Å². The molecule has 5 rings (SSSR count). The molecule has 0 fully saturated rings. The minimum atomic E-state index is -0.314. The van der Waals surface area contributed by atoms with Gasteiger partial charge in [-0.25, -0.2) is 9.59 Å². The number of rotatable bonds is 6. The van der Waals surface area contributed by atoms with E-state index in [1.807, 2.05) is 50.2 Å². The van der Waals surface area contributed by atoms with Gasteiger partial charge in [-0.3, -0.25) is 0 Å². The number of benzene rings is 4. The van der Waals surface area contributed by atoms with Gasteiger partial charge in [0.25, 0.3) is 0 Å². The third-order valence-corrected chi connectivity index (χ3v) is 7.32. The summed E-state index contributed by atoms with van der Waals surface area (Å²) >= 11 is 3.27. The maximum Gasteiger partial charge on any atom is 0.339 e. The van der Waals surface area contributed by atoms with Gasteiger partial charge in [-0.15, -0.1) is 0 Å². The normalized spacial score (nSPS) is 10.5. The molecule has 5 nitrogen and oxygen atoms in total. The fourth-order valence-electron chi connectivity index (χ4n) is 4.55. The SMILES string of the molecule is COC(=O)c1cc(C)ccc1Br.COC(=O)c1cc(C)ccc1Cc1ccc2c(ccn2Cc2ccccc2)c1. The Morgan fingerprint density at radius 1 is 0.725 bits per heavy atom. The number of hydrogen-bond acceptors (Lipinski definition) is 4. The molecule has 40 heavy (non-hydrogen) atoms. The van der Waals surface area contributed by atoms with Crippen molar-refractivity contribution in [3.63, 3.8) is 0 Å². The van der Waals surface area contributed by atoms with Gasteiger partial charge < -0.3 is 14.0 Å². The second-order valence-electron chi connectivity index (χ2n) is 9.63. The van der Waals surface area contributed by atoms with Crippen LogP contribution in [0, 0.1) is 13.8 Å². The Kier molecular flexibility index (Phi) is 9.56. The highest BCUT2D eigenvalue weighted by atomic mass is 79.9. The molecule has 1 heterocycles. The summed E-state index contributed by atoms with van der Waals surface area (Å²) in [5.74, 6) is -0.598. The second kappa shape index (κ2) is 13.3. The average molecular weight is 599 g/mol. The average Bonchev–Trinajstić information content (AvgIpc) is 3.37. The van der Waals surface area contributed by atoms with Crippen LogP contribution in [0.5, 0.6) is 0 Å². The molecule has 4 aromatic carbocycles. The third-order valence-electron chi connectivity index (χ3n) is 6.62. The molecule has 0 N–H and O–H groups in total. The van der Waals surface area contributed by atoms with E-state index >= 15 is 0 Å². The quantitative estimate of drug-likeness (QED) is 0.186. The van der Waals surface area contributed by atoms with Crippen molar-refractivity contribution in [3.05, 3.63) is 141 Å². The third kappa shape index (κ3) is 7.07. The molecule has 0 amide bonds. The number of carbonyl (C=O) groups is 2. The molecule has 0 radical (unpaired) electrons. The van der Waals surface area contributed by atoms with Gasteiger partial charge in [-0.1, -0.05) is 65.7 Å². The maximum atomic E-state index is 12.1. The summed E-state index contributed by atoms with van der Waals surface area (Å²) in [5.41, 5.74) is 7.97. The Labute approximate surface area is 243 Å². The van der Waals surface area contributed by atoms with Crippen LogP contribution in [-0.2, 0) is 22.4 Å². The molecule has 0 aliphatic carbocycles. The fraction of sp³-hybridized carbons (Fsp3) is 0.176. The van der Waals surface area contributed by atoms with E-state index in [4.69, 9.17) is 4.74 Å². The summed E-state index contributed by atoms with van der Waals surface area (Å²) in [6, 6.07) is 30.6. The van der Waals surface area contributed by atoms with Crippen LogP contribution >= 0.6 is 15.9 Å². The predicted molar refractivity (Wildman–Crippen MR) is 163 cm³/mol. The Morgan fingerprint density at radius 2 is 1.38 bits per heavy atom. The second-order valence-corrected chi connectivity index (χ2v) is 10.5. The van der Waals surface area contributed by atoms with Crippen LogP contribution in [0.3, 0.4) is 0 Å². The van der Waals surface area contributed by atoms with Gasteiger partial charge in [0.2, 0.25) is 0 Å². The number of aryl methyl sites for hydroxylation is 2. The molecule has 0 spiro atoms. The number of ether oxygens (including phenoxy) is 2. The van der Waals surface area contributed by atoms with Crippen LogP contribution in [0.15, 0.2) is 102 Å². The molecule has 0 bridgehead atoms. The number of carbonyl (C=O) groups excluding carboxylic acids is 2. The van der Waals surface area contributed by atoms with Gasteiger partial charge in [0, 0.05) is 22.7 Å². The minimum Gasteiger partial charge on any atom is -0.465 e. The van der Waals surface area contributed by atoms with Crippen molar-refractivity contribution >= 4 is 38.8 Å². The number of halogens is 1. The molecule has 5 aromatic rings. The standard InChI is InChI=1S/C25H23NO2.C9H9BrO2/c1-18-8-10-21(23(14-18)25(27)28-2)15-20-9-11-24-22(16-20)12-13-26(24)17-19-6-4-3-5-7-19;1-6-3-4-8(10)7(5-6)9(11)12-2/h3-14,16H,15,17H2,1-2H3;3-5H,1-2H3. The largest absolute Gasteiger partial charge is 0.465 e. The summed E-state index contributed by atoms with van der Waals surface area (Å²) < 4.78 is 12.6. The van der Waals surface area contributed by atoms with E-state index in [0.29, 0.717) is 17.5 Å². The molecule has 0 saturated carbocycles. The molecule has 0 aliphatic rings. The Balaban J connectivity index is 0.000000259. The van der Waals surface area contributed by atoms with E-state index in [1.165, 1.54) is 36.2 Å². The van der Waals surface area contributed by atoms with Gasteiger partial charge in [-0.05, 0) is 94.7 Å². The van der Waals surface area contributed by atoms with Gasteiger partial charge in [0.1, 0.15) is 0 Å². The molecule has 1 aromatic heterocycles. The molecular weight excluding hydrogens is 566 g/mol. The Hall–Kier alpha value is -4.16. The first-order valence-corrected chi connectivity index (χ1v) is 13.7. The molecule has 0 saturated heterocycles. The van der Waals surface area contributed by atoms with Crippen LogP contribution in [0.25, 0.3) is 10.9 Å². The molecular formula is C34H32BrNO4. The van der Waals surface area contributed by atoms with Crippen molar-refractivity contribution in [2.24, 2.45) is 0 Å². The monoisotopic (exact) mass is 597 g/mol. The first-order chi connectivity index (χ1) is 19.3. The lowest BCUT2D eigenvalue weighted by atomic mass is 9.97. The molecule has 0 aliphatic heterocycles. The number of methoxy groups -OCH3 is 2. The van der Waals surface area contributed by atoms with Crippen molar-refractivity contribution in [2.45, 2.75) is 26.8 Å². The zero-order chi connectivity index (χ0) is 28.6. The van der Waals surface area contributed by atoms with Crippen LogP contribution in [0.1, 0.15) is 48.5 Å². The minimum absolute atomic E-state index is 0.284. The van der Waals surface area contributed by atoms with Gasteiger partial charge in [0.05, 0.1) is 25.3 Å². The first-order valence-electron chi connectivity index (χ1n) is 12.9. The highest BCUT2D eigenvalue weighted by Gasteiger charge is 2.13. The van der Waals surface area contributed by atoms with Crippen LogP contribution in [0.2, 0.25) is 0 Å². The number of aromatic nitrogens is 1. The lowest BCUT2D eigenvalue weighted by Crippen LogP contribution is -2.06. The fourth-order valence-corrected chi connectivity index (χ4v) is 4.96. The van der Waals surface area contributed by atoms with Gasteiger partial charge in [-0.2, -0.15) is 0 Å². The number of fused-ring (bicyclic) bond motifs is 1. The van der Waals surface area contributed by atoms with E-state index in [0.717, 1.165) is 27.7 Å². The number of esters is 2. The van der Waals surface area contributed by atoms with Crippen molar-refractivity contribution in [1.29, 1.82) is 0 Å². The molecule has 204 valence electrons. The number of nitrogens with zero attached hydrogens (tertiary/aromatic N) is 1. The lowest BCUT2D eigenvalue weighted by molar-refractivity contribution is 0.0590. The van der Waals surface area contributed by atoms with Crippen LogP contribution in [0.4, 0.5) is 0 Å². The maximum absolute atomic E-state index is 12.1. The van der Waals surface area contributed by atoms with E-state index in [9.17, 15) is 9.59 Å². The van der Waals surface area contributed by atoms with Crippen molar-refractivity contribution in [3.8, 4) is 0 Å². The van der Waals surface area contributed by atoms with E-state index in [1.54, 1.807) is 6.07 Å². The lowest BCUT2D eigenvalue weighted by Gasteiger charge is -2.10. The molecule has 0 unspecified atom stereocenters. The zero-order valence-electron chi connectivity index (χ0n) is 23.1. The Bertz CT molecular complexity index is 1640. The summed E-state index contributed by atoms with van der Waals surface area (Å²) in [6.07, 6.45) is 2.83. The van der Waals surface area contributed by atoms with Gasteiger partial charge >= 0.3 is 11.9 Å². The van der Waals surface area contributed by atoms with Crippen molar-refractivity contribution < 1.29 is 19.1 Å². The van der Waals surface area contributed by atoms with Crippen LogP contribution in [-0.4, -0.2) is 30.7 Å². The molecule has 6 heteroatoms. The Morgan fingerprint density at radius 3 is 2.08 bits per heavy atom. The van der Waals surface area contributed by atoms with Crippen molar-refractivity contribution in [1.82, 2.24) is 4.57 Å². The summed E-state index contributed by atoms with van der Waals surface area (Å²) in [7, 11) is 2.80. The first kappa shape index (κ1) is 28.8.